The minimum absolute atomic E-state index is 0.104. The van der Waals surface area contributed by atoms with Gasteiger partial charge in [0.1, 0.15) is 0 Å². The molecule has 2 N–H and O–H groups in total. The number of hydrogen-bond donors (Lipinski definition) is 2. The van der Waals surface area contributed by atoms with Crippen LogP contribution in [0.4, 0.5) is 0 Å². The number of allylic oxidation sites excluding steroid dienone is 1. The zero-order chi connectivity index (χ0) is 11.3. The van der Waals surface area contributed by atoms with Crippen LogP contribution in [0.1, 0.15) is 32.1 Å². The monoisotopic (exact) mass is 212 g/mol. The number of carbonyl (C=O) groups is 2. The summed E-state index contributed by atoms with van der Waals surface area (Å²) in [5.41, 5.74) is 0. The maximum Gasteiger partial charge on any atom is 0.327 e. The smallest absolute Gasteiger partial charge is 0.327 e. The largest absolute Gasteiger partial charge is 0.481 e. The van der Waals surface area contributed by atoms with Crippen LogP contribution in [-0.4, -0.2) is 22.2 Å². The Balaban J connectivity index is 2.57. The molecule has 4 nitrogen and oxygen atoms in total. The molecule has 1 aliphatic rings. The second-order valence-electron chi connectivity index (χ2n) is 4.00. The molecule has 2 atom stereocenters. The van der Waals surface area contributed by atoms with Crippen molar-refractivity contribution in [1.82, 2.24) is 0 Å². The standard InChI is InChI=1S/C11H16O4/c12-10(13)6-5-8-3-1-2-4-9(8)7-11(14)15/h5-6,8-9H,1-4,7H2,(H,12,13)(H,14,15). The van der Waals surface area contributed by atoms with Gasteiger partial charge in [-0.05, 0) is 24.7 Å². The van der Waals surface area contributed by atoms with E-state index in [0.717, 1.165) is 31.8 Å². The van der Waals surface area contributed by atoms with Gasteiger partial charge in [-0.1, -0.05) is 18.9 Å². The van der Waals surface area contributed by atoms with Gasteiger partial charge in [-0.25, -0.2) is 4.79 Å². The minimum Gasteiger partial charge on any atom is -0.481 e. The third-order valence-corrected chi connectivity index (χ3v) is 2.89. The summed E-state index contributed by atoms with van der Waals surface area (Å²) in [4.78, 5) is 21.0. The van der Waals surface area contributed by atoms with Crippen molar-refractivity contribution < 1.29 is 19.8 Å². The predicted octanol–water partition coefficient (Wildman–Crippen LogP) is 1.91. The zero-order valence-corrected chi connectivity index (χ0v) is 8.56. The summed E-state index contributed by atoms with van der Waals surface area (Å²) in [7, 11) is 0. The van der Waals surface area contributed by atoms with E-state index in [9.17, 15) is 9.59 Å². The lowest BCUT2D eigenvalue weighted by atomic mass is 9.77. The Morgan fingerprint density at radius 3 is 2.47 bits per heavy atom. The fourth-order valence-electron chi connectivity index (χ4n) is 2.17. The van der Waals surface area contributed by atoms with Crippen molar-refractivity contribution in [3.05, 3.63) is 12.2 Å². The number of hydrogen-bond acceptors (Lipinski definition) is 2. The van der Waals surface area contributed by atoms with E-state index in [-0.39, 0.29) is 18.3 Å². The Morgan fingerprint density at radius 1 is 1.20 bits per heavy atom. The van der Waals surface area contributed by atoms with Crippen molar-refractivity contribution in [2.75, 3.05) is 0 Å². The van der Waals surface area contributed by atoms with E-state index in [2.05, 4.69) is 0 Å². The summed E-state index contributed by atoms with van der Waals surface area (Å²) < 4.78 is 0. The molecule has 0 aliphatic heterocycles. The van der Waals surface area contributed by atoms with Crippen LogP contribution in [0.15, 0.2) is 12.2 Å². The molecular weight excluding hydrogens is 196 g/mol. The van der Waals surface area contributed by atoms with E-state index in [0.29, 0.717) is 0 Å². The Morgan fingerprint density at radius 2 is 1.87 bits per heavy atom. The van der Waals surface area contributed by atoms with Gasteiger partial charge in [-0.2, -0.15) is 0 Å². The Kier molecular flexibility index (Phi) is 4.34. The Labute approximate surface area is 88.6 Å². The second kappa shape index (κ2) is 5.53. The quantitative estimate of drug-likeness (QED) is 0.698. The Hall–Kier alpha value is -1.32. The van der Waals surface area contributed by atoms with Crippen LogP contribution in [0.3, 0.4) is 0 Å². The molecule has 0 radical (unpaired) electrons. The summed E-state index contributed by atoms with van der Waals surface area (Å²) in [5.74, 6) is -1.54. The molecule has 84 valence electrons. The molecule has 15 heavy (non-hydrogen) atoms. The molecular formula is C11H16O4. The van der Waals surface area contributed by atoms with E-state index in [1.54, 1.807) is 6.08 Å². The highest BCUT2D eigenvalue weighted by Gasteiger charge is 2.25. The van der Waals surface area contributed by atoms with Gasteiger partial charge in [0.05, 0.1) is 0 Å². The highest BCUT2D eigenvalue weighted by atomic mass is 16.4. The van der Waals surface area contributed by atoms with Crippen molar-refractivity contribution in [1.29, 1.82) is 0 Å². The van der Waals surface area contributed by atoms with Gasteiger partial charge >= 0.3 is 11.9 Å². The SMILES string of the molecule is O=C(O)C=CC1CCCCC1CC(=O)O. The van der Waals surface area contributed by atoms with Gasteiger partial charge in [-0.15, -0.1) is 0 Å². The highest BCUT2D eigenvalue weighted by molar-refractivity contribution is 5.79. The molecule has 1 aliphatic carbocycles. The van der Waals surface area contributed by atoms with Crippen molar-refractivity contribution in [2.45, 2.75) is 32.1 Å². The maximum atomic E-state index is 10.6. The van der Waals surface area contributed by atoms with E-state index < -0.39 is 11.9 Å². The third kappa shape index (κ3) is 4.14. The molecule has 0 saturated heterocycles. The molecule has 4 heteroatoms. The van der Waals surface area contributed by atoms with Crippen molar-refractivity contribution in [2.24, 2.45) is 11.8 Å². The third-order valence-electron chi connectivity index (χ3n) is 2.89. The van der Waals surface area contributed by atoms with Gasteiger partial charge in [0.15, 0.2) is 0 Å². The number of carboxylic acid groups (broad SMARTS) is 2. The molecule has 0 heterocycles. The lowest BCUT2D eigenvalue weighted by Crippen LogP contribution is -2.21. The summed E-state index contributed by atoms with van der Waals surface area (Å²) in [6.45, 7) is 0. The molecule has 1 rings (SSSR count). The predicted molar refractivity (Wildman–Crippen MR) is 54.5 cm³/mol. The van der Waals surface area contributed by atoms with Gasteiger partial charge in [-0.3, -0.25) is 4.79 Å². The summed E-state index contributed by atoms with van der Waals surface area (Å²) in [6, 6.07) is 0. The van der Waals surface area contributed by atoms with Crippen molar-refractivity contribution >= 4 is 11.9 Å². The lowest BCUT2D eigenvalue weighted by Gasteiger charge is -2.27. The number of aliphatic carboxylic acids is 2. The van der Waals surface area contributed by atoms with Crippen LogP contribution in [-0.2, 0) is 9.59 Å². The van der Waals surface area contributed by atoms with Crippen LogP contribution in [0, 0.1) is 11.8 Å². The maximum absolute atomic E-state index is 10.6. The zero-order valence-electron chi connectivity index (χ0n) is 8.56. The van der Waals surface area contributed by atoms with Crippen molar-refractivity contribution in [3.8, 4) is 0 Å². The van der Waals surface area contributed by atoms with Crippen LogP contribution in [0.25, 0.3) is 0 Å². The van der Waals surface area contributed by atoms with Crippen LogP contribution < -0.4 is 0 Å². The van der Waals surface area contributed by atoms with Crippen LogP contribution in [0.2, 0.25) is 0 Å². The van der Waals surface area contributed by atoms with E-state index in [1.165, 1.54) is 0 Å². The Bertz CT molecular complexity index is 270. The molecule has 0 bridgehead atoms. The van der Waals surface area contributed by atoms with Crippen molar-refractivity contribution in [3.63, 3.8) is 0 Å². The molecule has 2 unspecified atom stereocenters. The first kappa shape index (κ1) is 11.8. The first-order chi connectivity index (χ1) is 7.09. The van der Waals surface area contributed by atoms with Gasteiger partial charge in [0.2, 0.25) is 0 Å². The first-order valence-electron chi connectivity index (χ1n) is 5.22. The van der Waals surface area contributed by atoms with E-state index >= 15 is 0 Å². The fourth-order valence-corrected chi connectivity index (χ4v) is 2.17. The number of carboxylic acids is 2. The van der Waals surface area contributed by atoms with Crippen LogP contribution in [0.5, 0.6) is 0 Å². The molecule has 0 aromatic rings. The molecule has 1 saturated carbocycles. The van der Waals surface area contributed by atoms with Gasteiger partial charge < -0.3 is 10.2 Å². The lowest BCUT2D eigenvalue weighted by molar-refractivity contribution is -0.138. The average molecular weight is 212 g/mol. The van der Waals surface area contributed by atoms with Gasteiger partial charge in [0.25, 0.3) is 0 Å². The first-order valence-corrected chi connectivity index (χ1v) is 5.22. The molecule has 0 aromatic heterocycles. The summed E-state index contributed by atoms with van der Waals surface area (Å²) in [5, 5.41) is 17.2. The number of rotatable bonds is 4. The second-order valence-corrected chi connectivity index (χ2v) is 4.00. The molecule has 0 aromatic carbocycles. The van der Waals surface area contributed by atoms with Crippen LogP contribution >= 0.6 is 0 Å². The van der Waals surface area contributed by atoms with Gasteiger partial charge in [0, 0.05) is 12.5 Å². The molecule has 1 fully saturated rings. The molecule has 0 spiro atoms. The topological polar surface area (TPSA) is 74.6 Å². The fraction of sp³-hybridized carbons (Fsp3) is 0.636. The van der Waals surface area contributed by atoms with E-state index in [4.69, 9.17) is 10.2 Å². The molecule has 0 amide bonds. The highest BCUT2D eigenvalue weighted by Crippen LogP contribution is 2.33. The van der Waals surface area contributed by atoms with E-state index in [1.807, 2.05) is 0 Å². The summed E-state index contributed by atoms with van der Waals surface area (Å²) in [6.07, 6.45) is 6.83. The summed E-state index contributed by atoms with van der Waals surface area (Å²) >= 11 is 0. The normalized spacial score (nSPS) is 26.7. The minimum atomic E-state index is -0.963. The average Bonchev–Trinajstić information content (AvgIpc) is 2.15.